The lowest BCUT2D eigenvalue weighted by atomic mass is 10.2. The summed E-state index contributed by atoms with van der Waals surface area (Å²) in [5.41, 5.74) is 1.43. The summed E-state index contributed by atoms with van der Waals surface area (Å²) in [5, 5.41) is 2.91. The third-order valence-electron chi connectivity index (χ3n) is 2.57. The van der Waals surface area contributed by atoms with Crippen LogP contribution in [0.1, 0.15) is 12.5 Å². The third kappa shape index (κ3) is 4.15. The summed E-state index contributed by atoms with van der Waals surface area (Å²) in [5.74, 6) is 0.398. The second kappa shape index (κ2) is 6.40. The number of aromatic nitrogens is 2. The fourth-order valence-electron chi connectivity index (χ4n) is 1.71. The first kappa shape index (κ1) is 15.7. The number of benzene rings is 1. The Morgan fingerprint density at radius 1 is 1.19 bits per heavy atom. The van der Waals surface area contributed by atoms with Gasteiger partial charge in [-0.15, -0.1) is 0 Å². The minimum absolute atomic E-state index is 0.0155. The molecular weight excluding hydrogens is 356 g/mol. The summed E-state index contributed by atoms with van der Waals surface area (Å²) in [4.78, 5) is 7.94. The highest BCUT2D eigenvalue weighted by molar-refractivity contribution is 9.10. The SMILES string of the molecule is CCNc1ncc(S(=O)(=O)Nc2cc(C)cc(Br)c2)cn1. The van der Waals surface area contributed by atoms with Crippen molar-refractivity contribution in [3.63, 3.8) is 0 Å². The van der Waals surface area contributed by atoms with Crippen LogP contribution in [0.2, 0.25) is 0 Å². The van der Waals surface area contributed by atoms with Crippen LogP contribution in [0.5, 0.6) is 0 Å². The van der Waals surface area contributed by atoms with Crippen molar-refractivity contribution >= 4 is 37.6 Å². The molecular formula is C13H15BrN4O2S. The van der Waals surface area contributed by atoms with Gasteiger partial charge in [-0.05, 0) is 37.6 Å². The van der Waals surface area contributed by atoms with Gasteiger partial charge in [-0.1, -0.05) is 15.9 Å². The minimum Gasteiger partial charge on any atom is -0.355 e. The van der Waals surface area contributed by atoms with Gasteiger partial charge in [0.1, 0.15) is 4.90 Å². The van der Waals surface area contributed by atoms with Gasteiger partial charge in [-0.2, -0.15) is 0 Å². The lowest BCUT2D eigenvalue weighted by Gasteiger charge is -2.09. The maximum Gasteiger partial charge on any atom is 0.264 e. The van der Waals surface area contributed by atoms with Crippen LogP contribution in [0, 0.1) is 6.92 Å². The molecule has 0 atom stereocenters. The van der Waals surface area contributed by atoms with Crippen LogP contribution in [-0.4, -0.2) is 24.9 Å². The third-order valence-corrected chi connectivity index (χ3v) is 4.36. The number of sulfonamides is 1. The summed E-state index contributed by atoms with van der Waals surface area (Å²) in [6.07, 6.45) is 2.55. The smallest absolute Gasteiger partial charge is 0.264 e. The molecule has 2 N–H and O–H groups in total. The van der Waals surface area contributed by atoms with Gasteiger partial charge in [0, 0.05) is 11.0 Å². The number of nitrogens with zero attached hydrogens (tertiary/aromatic N) is 2. The van der Waals surface area contributed by atoms with Gasteiger partial charge < -0.3 is 5.32 Å². The lowest BCUT2D eigenvalue weighted by Crippen LogP contribution is -2.14. The minimum atomic E-state index is -3.70. The van der Waals surface area contributed by atoms with Crippen LogP contribution in [0.4, 0.5) is 11.6 Å². The first-order chi connectivity index (χ1) is 9.90. The molecule has 112 valence electrons. The molecule has 0 amide bonds. The average molecular weight is 371 g/mol. The second-order valence-electron chi connectivity index (χ2n) is 4.40. The topological polar surface area (TPSA) is 84.0 Å². The maximum atomic E-state index is 12.3. The van der Waals surface area contributed by atoms with E-state index in [1.54, 1.807) is 12.1 Å². The fraction of sp³-hybridized carbons (Fsp3) is 0.231. The molecule has 21 heavy (non-hydrogen) atoms. The molecule has 0 aliphatic carbocycles. The summed E-state index contributed by atoms with van der Waals surface area (Å²) in [7, 11) is -3.70. The predicted molar refractivity (Wildman–Crippen MR) is 85.9 cm³/mol. The van der Waals surface area contributed by atoms with Gasteiger partial charge >= 0.3 is 0 Å². The number of halogens is 1. The summed E-state index contributed by atoms with van der Waals surface area (Å²) < 4.78 is 27.8. The van der Waals surface area contributed by atoms with Crippen molar-refractivity contribution in [1.29, 1.82) is 0 Å². The van der Waals surface area contributed by atoms with Gasteiger partial charge in [-0.25, -0.2) is 18.4 Å². The zero-order chi connectivity index (χ0) is 15.5. The molecule has 0 spiro atoms. The highest BCUT2D eigenvalue weighted by Crippen LogP contribution is 2.21. The lowest BCUT2D eigenvalue weighted by molar-refractivity contribution is 0.600. The van der Waals surface area contributed by atoms with Crippen LogP contribution in [0.25, 0.3) is 0 Å². The monoisotopic (exact) mass is 370 g/mol. The Kier molecular flexibility index (Phi) is 4.79. The number of hydrogen-bond acceptors (Lipinski definition) is 5. The number of anilines is 2. The Morgan fingerprint density at radius 3 is 2.43 bits per heavy atom. The Bertz CT molecular complexity index is 712. The van der Waals surface area contributed by atoms with Gasteiger partial charge in [-0.3, -0.25) is 4.72 Å². The zero-order valence-electron chi connectivity index (χ0n) is 11.6. The summed E-state index contributed by atoms with van der Waals surface area (Å²) >= 11 is 3.34. The van der Waals surface area contributed by atoms with Crippen molar-refractivity contribution in [3.8, 4) is 0 Å². The van der Waals surface area contributed by atoms with E-state index in [9.17, 15) is 8.42 Å². The maximum absolute atomic E-state index is 12.3. The Morgan fingerprint density at radius 2 is 1.86 bits per heavy atom. The van der Waals surface area contributed by atoms with Crippen molar-refractivity contribution in [2.45, 2.75) is 18.7 Å². The molecule has 0 fully saturated rings. The molecule has 6 nitrogen and oxygen atoms in total. The molecule has 1 aromatic heterocycles. The second-order valence-corrected chi connectivity index (χ2v) is 6.99. The van der Waals surface area contributed by atoms with Gasteiger partial charge in [0.2, 0.25) is 5.95 Å². The Labute approximate surface area is 132 Å². The number of rotatable bonds is 5. The molecule has 1 aromatic carbocycles. The Hall–Kier alpha value is -1.67. The molecule has 0 saturated carbocycles. The molecule has 8 heteroatoms. The van der Waals surface area contributed by atoms with Crippen LogP contribution in [0.15, 0.2) is 40.0 Å². The first-order valence-electron chi connectivity index (χ1n) is 6.26. The molecule has 2 aromatic rings. The molecule has 0 unspecified atom stereocenters. The molecule has 0 saturated heterocycles. The highest BCUT2D eigenvalue weighted by Gasteiger charge is 2.15. The number of aryl methyl sites for hydroxylation is 1. The first-order valence-corrected chi connectivity index (χ1v) is 8.54. The highest BCUT2D eigenvalue weighted by atomic mass is 79.9. The van der Waals surface area contributed by atoms with Crippen molar-refractivity contribution in [1.82, 2.24) is 9.97 Å². The quantitative estimate of drug-likeness (QED) is 0.845. The van der Waals surface area contributed by atoms with Crippen molar-refractivity contribution < 1.29 is 8.42 Å². The van der Waals surface area contributed by atoms with Crippen LogP contribution < -0.4 is 10.0 Å². The van der Waals surface area contributed by atoms with E-state index in [4.69, 9.17) is 0 Å². The molecule has 0 aliphatic heterocycles. The van der Waals surface area contributed by atoms with Gasteiger partial charge in [0.05, 0.1) is 18.1 Å². The van der Waals surface area contributed by atoms with Gasteiger partial charge in [0.25, 0.3) is 10.0 Å². The molecule has 0 aliphatic rings. The number of hydrogen-bond donors (Lipinski definition) is 2. The molecule has 0 bridgehead atoms. The van der Waals surface area contributed by atoms with Crippen molar-refractivity contribution in [3.05, 3.63) is 40.6 Å². The molecule has 1 heterocycles. The van der Waals surface area contributed by atoms with E-state index in [0.29, 0.717) is 18.2 Å². The van der Waals surface area contributed by atoms with E-state index < -0.39 is 10.0 Å². The van der Waals surface area contributed by atoms with Crippen LogP contribution >= 0.6 is 15.9 Å². The summed E-state index contributed by atoms with van der Waals surface area (Å²) in [6, 6.07) is 5.33. The van der Waals surface area contributed by atoms with Crippen LogP contribution in [-0.2, 0) is 10.0 Å². The van der Waals surface area contributed by atoms with Crippen molar-refractivity contribution in [2.24, 2.45) is 0 Å². The normalized spacial score (nSPS) is 11.2. The van der Waals surface area contributed by atoms with Crippen molar-refractivity contribution in [2.75, 3.05) is 16.6 Å². The average Bonchev–Trinajstić information content (AvgIpc) is 2.38. The number of nitrogens with one attached hydrogen (secondary N) is 2. The fourth-order valence-corrected chi connectivity index (χ4v) is 3.25. The standard InChI is InChI=1S/C13H15BrN4O2S/c1-3-15-13-16-7-12(8-17-13)21(19,20)18-11-5-9(2)4-10(14)6-11/h4-8,18H,3H2,1-2H3,(H,15,16,17). The van der Waals surface area contributed by atoms with E-state index in [0.717, 1.165) is 10.0 Å². The van der Waals surface area contributed by atoms with E-state index in [2.05, 4.69) is 35.9 Å². The summed E-state index contributed by atoms with van der Waals surface area (Å²) in [6.45, 7) is 4.46. The van der Waals surface area contributed by atoms with E-state index in [1.807, 2.05) is 19.9 Å². The molecule has 0 radical (unpaired) electrons. The Balaban J connectivity index is 2.25. The van der Waals surface area contributed by atoms with Crippen LogP contribution in [0.3, 0.4) is 0 Å². The molecule has 2 rings (SSSR count). The van der Waals surface area contributed by atoms with Gasteiger partial charge in [0.15, 0.2) is 0 Å². The largest absolute Gasteiger partial charge is 0.355 e. The van der Waals surface area contributed by atoms with E-state index >= 15 is 0 Å². The van der Waals surface area contributed by atoms with E-state index in [-0.39, 0.29) is 4.90 Å². The predicted octanol–water partition coefficient (Wildman–Crippen LogP) is 2.78. The van der Waals surface area contributed by atoms with E-state index in [1.165, 1.54) is 12.4 Å². The zero-order valence-corrected chi connectivity index (χ0v) is 14.0.